The highest BCUT2D eigenvalue weighted by molar-refractivity contribution is 7.99. The zero-order chi connectivity index (χ0) is 9.78. The van der Waals surface area contributed by atoms with Crippen molar-refractivity contribution in [3.05, 3.63) is 0 Å². The van der Waals surface area contributed by atoms with Crippen molar-refractivity contribution < 1.29 is 4.74 Å². The molecule has 0 amide bonds. The highest BCUT2D eigenvalue weighted by atomic mass is 32.2. The lowest BCUT2D eigenvalue weighted by Gasteiger charge is -2.04. The Labute approximate surface area is 85.8 Å². The van der Waals surface area contributed by atoms with Crippen LogP contribution < -0.4 is 5.32 Å². The molecule has 0 heterocycles. The van der Waals surface area contributed by atoms with Gasteiger partial charge in [0.25, 0.3) is 0 Å². The van der Waals surface area contributed by atoms with Gasteiger partial charge in [0.05, 0.1) is 12.4 Å². The Balaban J connectivity index is 2.80. The summed E-state index contributed by atoms with van der Waals surface area (Å²) in [5.41, 5.74) is 0. The Bertz CT molecular complexity index is 133. The average Bonchev–Trinajstić information content (AvgIpc) is 2.16. The Morgan fingerprint density at radius 3 is 2.92 bits per heavy atom. The van der Waals surface area contributed by atoms with Gasteiger partial charge in [-0.25, -0.2) is 0 Å². The van der Waals surface area contributed by atoms with Crippen molar-refractivity contribution in [1.82, 2.24) is 5.32 Å². The van der Waals surface area contributed by atoms with Crippen LogP contribution in [0.1, 0.15) is 13.3 Å². The van der Waals surface area contributed by atoms with Crippen LogP contribution in [0.5, 0.6) is 0 Å². The standard InChI is InChI=1S/C10H19NOS/c1-3-7-12-8-5-11-6-10-13-9-4-2/h2,11H,3,5-10H2,1H3. The third kappa shape index (κ3) is 11.8. The molecule has 0 radical (unpaired) electrons. The summed E-state index contributed by atoms with van der Waals surface area (Å²) in [5, 5.41) is 3.29. The zero-order valence-corrected chi connectivity index (χ0v) is 9.16. The van der Waals surface area contributed by atoms with Crippen molar-refractivity contribution >= 4 is 11.8 Å². The Kier molecular flexibility index (Phi) is 11.7. The van der Waals surface area contributed by atoms with Crippen LogP contribution in [0.2, 0.25) is 0 Å². The van der Waals surface area contributed by atoms with E-state index in [2.05, 4.69) is 18.2 Å². The SMILES string of the molecule is C#CCSCCNCCOCCC. The minimum atomic E-state index is 0.813. The predicted octanol–water partition coefficient (Wildman–Crippen LogP) is 1.37. The molecule has 0 spiro atoms. The molecule has 0 bridgehead atoms. The molecule has 0 saturated carbocycles. The number of terminal acetylenes is 1. The first-order chi connectivity index (χ1) is 6.41. The third-order valence-corrected chi connectivity index (χ3v) is 2.24. The van der Waals surface area contributed by atoms with Gasteiger partial charge < -0.3 is 10.1 Å². The summed E-state index contributed by atoms with van der Waals surface area (Å²) in [7, 11) is 0. The van der Waals surface area contributed by atoms with Crippen molar-refractivity contribution in [1.29, 1.82) is 0 Å². The van der Waals surface area contributed by atoms with Crippen molar-refractivity contribution in [2.24, 2.45) is 0 Å². The summed E-state index contributed by atoms with van der Waals surface area (Å²) in [5.74, 6) is 4.49. The molecule has 0 rings (SSSR count). The van der Waals surface area contributed by atoms with Gasteiger partial charge in [0.2, 0.25) is 0 Å². The molecule has 0 aliphatic heterocycles. The van der Waals surface area contributed by atoms with Crippen LogP contribution in [0.25, 0.3) is 0 Å². The molecule has 13 heavy (non-hydrogen) atoms. The Morgan fingerprint density at radius 2 is 2.23 bits per heavy atom. The summed E-state index contributed by atoms with van der Waals surface area (Å²) >= 11 is 1.78. The summed E-state index contributed by atoms with van der Waals surface area (Å²) in [6, 6.07) is 0. The highest BCUT2D eigenvalue weighted by Crippen LogP contribution is 1.94. The highest BCUT2D eigenvalue weighted by Gasteiger charge is 1.88. The molecular weight excluding hydrogens is 182 g/mol. The van der Waals surface area contributed by atoms with E-state index in [4.69, 9.17) is 11.2 Å². The van der Waals surface area contributed by atoms with E-state index >= 15 is 0 Å². The second-order valence-electron chi connectivity index (χ2n) is 2.62. The van der Waals surface area contributed by atoms with Crippen LogP contribution in [0.3, 0.4) is 0 Å². The van der Waals surface area contributed by atoms with E-state index in [-0.39, 0.29) is 0 Å². The summed E-state index contributed by atoms with van der Waals surface area (Å²) < 4.78 is 5.31. The first-order valence-electron chi connectivity index (χ1n) is 4.71. The molecule has 0 aliphatic rings. The number of ether oxygens (including phenoxy) is 1. The molecule has 76 valence electrons. The summed E-state index contributed by atoms with van der Waals surface area (Å²) in [6.45, 7) is 5.75. The monoisotopic (exact) mass is 201 g/mol. The molecule has 0 aromatic heterocycles. The van der Waals surface area contributed by atoms with Gasteiger partial charge in [-0.1, -0.05) is 12.8 Å². The van der Waals surface area contributed by atoms with Crippen molar-refractivity contribution in [3.8, 4) is 12.3 Å². The van der Waals surface area contributed by atoms with E-state index in [9.17, 15) is 0 Å². The minimum Gasteiger partial charge on any atom is -0.380 e. The quantitative estimate of drug-likeness (QED) is 0.450. The van der Waals surface area contributed by atoms with Gasteiger partial charge in [0.1, 0.15) is 0 Å². The maximum atomic E-state index is 5.31. The van der Waals surface area contributed by atoms with Gasteiger partial charge in [-0.2, -0.15) is 0 Å². The first kappa shape index (κ1) is 12.8. The van der Waals surface area contributed by atoms with Gasteiger partial charge in [-0.05, 0) is 6.42 Å². The molecule has 0 fully saturated rings. The van der Waals surface area contributed by atoms with Crippen LogP contribution in [-0.2, 0) is 4.74 Å². The van der Waals surface area contributed by atoms with E-state index in [0.29, 0.717) is 0 Å². The van der Waals surface area contributed by atoms with Gasteiger partial charge in [0.15, 0.2) is 0 Å². The van der Waals surface area contributed by atoms with Crippen LogP contribution in [0.4, 0.5) is 0 Å². The zero-order valence-electron chi connectivity index (χ0n) is 8.34. The number of nitrogens with one attached hydrogen (secondary N) is 1. The maximum Gasteiger partial charge on any atom is 0.0590 e. The smallest absolute Gasteiger partial charge is 0.0590 e. The molecule has 1 N–H and O–H groups in total. The fraction of sp³-hybridized carbons (Fsp3) is 0.800. The predicted molar refractivity (Wildman–Crippen MR) is 60.1 cm³/mol. The normalized spacial score (nSPS) is 9.85. The molecule has 2 nitrogen and oxygen atoms in total. The molecule has 0 saturated heterocycles. The van der Waals surface area contributed by atoms with Crippen LogP contribution >= 0.6 is 11.8 Å². The molecule has 0 atom stereocenters. The lowest BCUT2D eigenvalue weighted by atomic mass is 10.5. The van der Waals surface area contributed by atoms with Crippen LogP contribution in [-0.4, -0.2) is 37.8 Å². The topological polar surface area (TPSA) is 21.3 Å². The van der Waals surface area contributed by atoms with Gasteiger partial charge in [-0.15, -0.1) is 18.2 Å². The lowest BCUT2D eigenvalue weighted by Crippen LogP contribution is -2.22. The fourth-order valence-electron chi connectivity index (χ4n) is 0.791. The number of rotatable bonds is 9. The van der Waals surface area contributed by atoms with E-state index < -0.39 is 0 Å². The van der Waals surface area contributed by atoms with Crippen molar-refractivity contribution in [3.63, 3.8) is 0 Å². The van der Waals surface area contributed by atoms with Gasteiger partial charge >= 0.3 is 0 Å². The second-order valence-corrected chi connectivity index (χ2v) is 3.72. The number of thioether (sulfide) groups is 1. The molecular formula is C10H19NOS. The third-order valence-electron chi connectivity index (χ3n) is 1.38. The van der Waals surface area contributed by atoms with Crippen LogP contribution in [0, 0.1) is 12.3 Å². The molecule has 3 heteroatoms. The second kappa shape index (κ2) is 11.8. The summed E-state index contributed by atoms with van der Waals surface area (Å²) in [6.07, 6.45) is 6.21. The molecule has 0 aromatic carbocycles. The summed E-state index contributed by atoms with van der Waals surface area (Å²) in [4.78, 5) is 0. The Morgan fingerprint density at radius 1 is 1.38 bits per heavy atom. The van der Waals surface area contributed by atoms with E-state index in [1.54, 1.807) is 11.8 Å². The Hall–Kier alpha value is -0.170. The molecule has 0 unspecified atom stereocenters. The first-order valence-corrected chi connectivity index (χ1v) is 5.87. The van der Waals surface area contributed by atoms with E-state index in [0.717, 1.165) is 44.2 Å². The molecule has 0 aliphatic carbocycles. The van der Waals surface area contributed by atoms with Crippen molar-refractivity contribution in [2.75, 3.05) is 37.8 Å². The van der Waals surface area contributed by atoms with Gasteiger partial charge in [0, 0.05) is 25.4 Å². The van der Waals surface area contributed by atoms with Crippen LogP contribution in [0.15, 0.2) is 0 Å². The maximum absolute atomic E-state index is 5.31. The van der Waals surface area contributed by atoms with Gasteiger partial charge in [-0.3, -0.25) is 0 Å². The molecule has 0 aromatic rings. The average molecular weight is 201 g/mol. The number of hydrogen-bond donors (Lipinski definition) is 1. The fourth-order valence-corrected chi connectivity index (χ4v) is 1.34. The number of hydrogen-bond acceptors (Lipinski definition) is 3. The minimum absolute atomic E-state index is 0.813. The van der Waals surface area contributed by atoms with E-state index in [1.165, 1.54) is 0 Å². The largest absolute Gasteiger partial charge is 0.380 e. The van der Waals surface area contributed by atoms with E-state index in [1.807, 2.05) is 0 Å². The lowest BCUT2D eigenvalue weighted by molar-refractivity contribution is 0.137. The van der Waals surface area contributed by atoms with Crippen molar-refractivity contribution in [2.45, 2.75) is 13.3 Å².